The van der Waals surface area contributed by atoms with Crippen LogP contribution in [0.15, 0.2) is 24.3 Å². The molecule has 98 valence electrons. The van der Waals surface area contributed by atoms with Crippen molar-refractivity contribution in [1.82, 2.24) is 0 Å². The lowest BCUT2D eigenvalue weighted by Crippen LogP contribution is -2.09. The predicted molar refractivity (Wildman–Crippen MR) is 73.1 cm³/mol. The van der Waals surface area contributed by atoms with Crippen LogP contribution >= 0.6 is 0 Å². The van der Waals surface area contributed by atoms with Crippen molar-refractivity contribution in [2.75, 3.05) is 7.11 Å². The standard InChI is InChI=1S/C16H22O2/c1-18-16-11-7-6-10-14(16)15(17)12-13-8-4-2-3-5-9-13/h6-7,10-11,13H,2-5,8-9,12H2,1H3. The van der Waals surface area contributed by atoms with Crippen LogP contribution in [0.25, 0.3) is 0 Å². The number of para-hydroxylation sites is 1. The van der Waals surface area contributed by atoms with Crippen molar-refractivity contribution in [3.63, 3.8) is 0 Å². The number of rotatable bonds is 4. The number of ether oxygens (including phenoxy) is 1. The molecule has 2 rings (SSSR count). The Morgan fingerprint density at radius 3 is 2.50 bits per heavy atom. The lowest BCUT2D eigenvalue weighted by atomic mass is 9.92. The Morgan fingerprint density at radius 1 is 1.17 bits per heavy atom. The molecule has 0 heterocycles. The Balaban J connectivity index is 2.02. The molecular weight excluding hydrogens is 224 g/mol. The van der Waals surface area contributed by atoms with Gasteiger partial charge in [0.2, 0.25) is 0 Å². The van der Waals surface area contributed by atoms with Crippen LogP contribution < -0.4 is 4.74 Å². The van der Waals surface area contributed by atoms with E-state index in [9.17, 15) is 4.79 Å². The van der Waals surface area contributed by atoms with Gasteiger partial charge in [0.05, 0.1) is 12.7 Å². The third-order valence-corrected chi connectivity index (χ3v) is 3.86. The summed E-state index contributed by atoms with van der Waals surface area (Å²) in [6, 6.07) is 7.54. The number of Topliss-reactive ketones (excluding diaryl/α,β-unsaturated/α-hetero) is 1. The molecule has 0 aromatic heterocycles. The molecule has 0 aliphatic heterocycles. The minimum absolute atomic E-state index is 0.236. The average Bonchev–Trinajstić information content (AvgIpc) is 2.67. The summed E-state index contributed by atoms with van der Waals surface area (Å²) in [5.41, 5.74) is 0.740. The first-order chi connectivity index (χ1) is 8.81. The van der Waals surface area contributed by atoms with Gasteiger partial charge in [-0.05, 0) is 18.1 Å². The van der Waals surface area contributed by atoms with Crippen LogP contribution in [0.5, 0.6) is 5.75 Å². The van der Waals surface area contributed by atoms with Gasteiger partial charge in [0.1, 0.15) is 5.75 Å². The van der Waals surface area contributed by atoms with E-state index in [2.05, 4.69) is 0 Å². The van der Waals surface area contributed by atoms with Crippen LogP contribution in [0.1, 0.15) is 55.3 Å². The second-order valence-corrected chi connectivity index (χ2v) is 5.19. The van der Waals surface area contributed by atoms with Gasteiger partial charge in [0, 0.05) is 6.42 Å². The van der Waals surface area contributed by atoms with Gasteiger partial charge in [-0.1, -0.05) is 50.7 Å². The molecule has 0 N–H and O–H groups in total. The van der Waals surface area contributed by atoms with Gasteiger partial charge in [-0.25, -0.2) is 0 Å². The third kappa shape index (κ3) is 3.34. The molecule has 0 unspecified atom stereocenters. The molecule has 1 aliphatic carbocycles. The van der Waals surface area contributed by atoms with Crippen LogP contribution in [-0.4, -0.2) is 12.9 Å². The van der Waals surface area contributed by atoms with Gasteiger partial charge in [0.15, 0.2) is 5.78 Å². The Hall–Kier alpha value is -1.31. The molecule has 0 radical (unpaired) electrons. The van der Waals surface area contributed by atoms with Crippen molar-refractivity contribution < 1.29 is 9.53 Å². The van der Waals surface area contributed by atoms with E-state index in [0.29, 0.717) is 18.1 Å². The van der Waals surface area contributed by atoms with Crippen LogP contribution in [0.4, 0.5) is 0 Å². The molecule has 1 fully saturated rings. The summed E-state index contributed by atoms with van der Waals surface area (Å²) in [6.07, 6.45) is 8.33. The Kier molecular flexibility index (Phi) is 4.80. The summed E-state index contributed by atoms with van der Waals surface area (Å²) < 4.78 is 5.26. The minimum Gasteiger partial charge on any atom is -0.496 e. The van der Waals surface area contributed by atoms with Crippen molar-refractivity contribution in [3.8, 4) is 5.75 Å². The third-order valence-electron chi connectivity index (χ3n) is 3.86. The monoisotopic (exact) mass is 246 g/mol. The van der Waals surface area contributed by atoms with E-state index in [0.717, 1.165) is 5.56 Å². The van der Waals surface area contributed by atoms with E-state index in [1.807, 2.05) is 24.3 Å². The summed E-state index contributed by atoms with van der Waals surface area (Å²) in [5.74, 6) is 1.51. The van der Waals surface area contributed by atoms with Crippen LogP contribution in [-0.2, 0) is 0 Å². The number of carbonyl (C=O) groups is 1. The van der Waals surface area contributed by atoms with E-state index < -0.39 is 0 Å². The zero-order valence-electron chi connectivity index (χ0n) is 11.2. The number of hydrogen-bond donors (Lipinski definition) is 0. The van der Waals surface area contributed by atoms with E-state index in [4.69, 9.17) is 4.74 Å². The van der Waals surface area contributed by atoms with Crippen molar-refractivity contribution in [2.24, 2.45) is 5.92 Å². The fourth-order valence-corrected chi connectivity index (χ4v) is 2.82. The smallest absolute Gasteiger partial charge is 0.166 e. The van der Waals surface area contributed by atoms with Crippen LogP contribution in [0.2, 0.25) is 0 Å². The highest BCUT2D eigenvalue weighted by Gasteiger charge is 2.19. The van der Waals surface area contributed by atoms with Gasteiger partial charge >= 0.3 is 0 Å². The summed E-state index contributed by atoms with van der Waals surface area (Å²) >= 11 is 0. The highest BCUT2D eigenvalue weighted by Crippen LogP contribution is 2.28. The Labute approximate surface area is 109 Å². The second-order valence-electron chi connectivity index (χ2n) is 5.19. The zero-order chi connectivity index (χ0) is 12.8. The molecule has 0 saturated heterocycles. The molecular formula is C16H22O2. The van der Waals surface area contributed by atoms with E-state index in [1.165, 1.54) is 38.5 Å². The summed E-state index contributed by atoms with van der Waals surface area (Å²) in [7, 11) is 1.62. The lowest BCUT2D eigenvalue weighted by Gasteiger charge is -2.14. The fourth-order valence-electron chi connectivity index (χ4n) is 2.82. The maximum absolute atomic E-state index is 12.3. The van der Waals surface area contributed by atoms with Gasteiger partial charge in [-0.2, -0.15) is 0 Å². The molecule has 1 aromatic rings. The number of carbonyl (C=O) groups excluding carboxylic acids is 1. The van der Waals surface area contributed by atoms with Crippen LogP contribution in [0.3, 0.4) is 0 Å². The minimum atomic E-state index is 0.236. The first-order valence-electron chi connectivity index (χ1n) is 6.97. The zero-order valence-corrected chi connectivity index (χ0v) is 11.2. The maximum atomic E-state index is 12.3. The van der Waals surface area contributed by atoms with Crippen molar-refractivity contribution in [3.05, 3.63) is 29.8 Å². The maximum Gasteiger partial charge on any atom is 0.166 e. The predicted octanol–water partition coefficient (Wildman–Crippen LogP) is 4.24. The normalized spacial score (nSPS) is 17.2. The molecule has 1 saturated carbocycles. The molecule has 18 heavy (non-hydrogen) atoms. The first-order valence-corrected chi connectivity index (χ1v) is 6.97. The van der Waals surface area contributed by atoms with Gasteiger partial charge in [-0.3, -0.25) is 4.79 Å². The van der Waals surface area contributed by atoms with Crippen LogP contribution in [0, 0.1) is 5.92 Å². The largest absolute Gasteiger partial charge is 0.496 e. The quantitative estimate of drug-likeness (QED) is 0.586. The van der Waals surface area contributed by atoms with Gasteiger partial charge in [-0.15, -0.1) is 0 Å². The van der Waals surface area contributed by atoms with Crippen molar-refractivity contribution >= 4 is 5.78 Å². The molecule has 0 amide bonds. The number of hydrogen-bond acceptors (Lipinski definition) is 2. The SMILES string of the molecule is COc1ccccc1C(=O)CC1CCCCCC1. The summed E-state index contributed by atoms with van der Waals surface area (Å²) in [6.45, 7) is 0. The molecule has 0 atom stereocenters. The Bertz CT molecular complexity index is 390. The highest BCUT2D eigenvalue weighted by molar-refractivity contribution is 5.98. The van der Waals surface area contributed by atoms with E-state index in [1.54, 1.807) is 7.11 Å². The van der Waals surface area contributed by atoms with Crippen molar-refractivity contribution in [1.29, 1.82) is 0 Å². The molecule has 0 spiro atoms. The lowest BCUT2D eigenvalue weighted by molar-refractivity contribution is 0.0954. The van der Waals surface area contributed by atoms with Gasteiger partial charge in [0.25, 0.3) is 0 Å². The topological polar surface area (TPSA) is 26.3 Å². The number of benzene rings is 1. The van der Waals surface area contributed by atoms with E-state index >= 15 is 0 Å². The number of ketones is 1. The second kappa shape index (κ2) is 6.58. The van der Waals surface area contributed by atoms with E-state index in [-0.39, 0.29) is 5.78 Å². The average molecular weight is 246 g/mol. The Morgan fingerprint density at radius 2 is 1.83 bits per heavy atom. The summed E-state index contributed by atoms with van der Waals surface area (Å²) in [5, 5.41) is 0. The molecule has 1 aliphatic rings. The first kappa shape index (κ1) is 13.1. The molecule has 2 heteroatoms. The fraction of sp³-hybridized carbons (Fsp3) is 0.562. The van der Waals surface area contributed by atoms with Gasteiger partial charge < -0.3 is 4.74 Å². The summed E-state index contributed by atoms with van der Waals surface area (Å²) in [4.78, 5) is 12.3. The highest BCUT2D eigenvalue weighted by atomic mass is 16.5. The molecule has 2 nitrogen and oxygen atoms in total. The molecule has 0 bridgehead atoms. The van der Waals surface area contributed by atoms with Crippen molar-refractivity contribution in [2.45, 2.75) is 44.9 Å². The number of methoxy groups -OCH3 is 1. The molecule has 1 aromatic carbocycles.